The first kappa shape index (κ1) is 24.6. The molecule has 0 saturated carbocycles. The molecule has 0 bridgehead atoms. The molecular weight excluding hydrogens is 532 g/mol. The van der Waals surface area contributed by atoms with Crippen LogP contribution in [0.3, 0.4) is 0 Å². The first-order valence-electron chi connectivity index (χ1n) is 12.0. The Labute approximate surface area is 222 Å². The Hall–Kier alpha value is -4.04. The summed E-state index contributed by atoms with van der Waals surface area (Å²) in [6, 6.07) is 21.8. The highest BCUT2D eigenvalue weighted by molar-refractivity contribution is 9.10. The molecule has 3 aromatic carbocycles. The maximum absolute atomic E-state index is 13.6. The van der Waals surface area contributed by atoms with E-state index in [0.717, 1.165) is 10.0 Å². The molecule has 0 radical (unpaired) electrons. The highest BCUT2D eigenvalue weighted by Gasteiger charge is 2.41. The Balaban J connectivity index is 1.45. The largest absolute Gasteiger partial charge is 0.273 e. The molecule has 0 spiro atoms. The predicted molar refractivity (Wildman–Crippen MR) is 147 cm³/mol. The maximum Gasteiger partial charge on any atom is 0.266 e. The normalized spacial score (nSPS) is 15.4. The fourth-order valence-electron chi connectivity index (χ4n) is 4.31. The zero-order valence-electron chi connectivity index (χ0n) is 20.4. The minimum Gasteiger partial charge on any atom is -0.273 e. The van der Waals surface area contributed by atoms with Crippen molar-refractivity contribution in [2.45, 2.75) is 32.2 Å². The molecule has 5 rings (SSSR count). The van der Waals surface area contributed by atoms with Crippen LogP contribution in [0, 0.1) is 0 Å². The molecule has 1 N–H and O–H groups in total. The van der Waals surface area contributed by atoms with Crippen LogP contribution in [0.2, 0.25) is 0 Å². The smallest absolute Gasteiger partial charge is 0.266 e. The van der Waals surface area contributed by atoms with Gasteiger partial charge >= 0.3 is 0 Å². The number of hydrogen-bond acceptors (Lipinski definition) is 4. The van der Waals surface area contributed by atoms with Gasteiger partial charge in [0, 0.05) is 10.5 Å². The lowest BCUT2D eigenvalue weighted by Crippen LogP contribution is -2.57. The summed E-state index contributed by atoms with van der Waals surface area (Å²) in [4.78, 5) is 43.6. The van der Waals surface area contributed by atoms with Crippen LogP contribution < -0.4 is 11.0 Å². The van der Waals surface area contributed by atoms with Crippen LogP contribution in [0.25, 0.3) is 22.7 Å². The number of carbonyl (C=O) groups is 2. The van der Waals surface area contributed by atoms with Gasteiger partial charge in [0.25, 0.3) is 11.5 Å². The van der Waals surface area contributed by atoms with Crippen LogP contribution in [0.15, 0.2) is 88.1 Å². The van der Waals surface area contributed by atoms with Crippen LogP contribution in [0.1, 0.15) is 49.2 Å². The predicted octanol–water partition coefficient (Wildman–Crippen LogP) is 5.29. The van der Waals surface area contributed by atoms with Crippen molar-refractivity contribution in [3.63, 3.8) is 0 Å². The van der Waals surface area contributed by atoms with Crippen molar-refractivity contribution in [3.8, 4) is 5.69 Å². The van der Waals surface area contributed by atoms with Crippen molar-refractivity contribution in [2.24, 2.45) is 0 Å². The molecule has 1 fully saturated rings. The van der Waals surface area contributed by atoms with Gasteiger partial charge in [0.2, 0.25) is 5.91 Å². The van der Waals surface area contributed by atoms with Gasteiger partial charge < -0.3 is 0 Å². The van der Waals surface area contributed by atoms with Gasteiger partial charge in [-0.3, -0.25) is 24.4 Å². The topological polar surface area (TPSA) is 84.3 Å². The lowest BCUT2D eigenvalue weighted by Gasteiger charge is -2.39. The van der Waals surface area contributed by atoms with Crippen molar-refractivity contribution in [1.29, 1.82) is 0 Å². The summed E-state index contributed by atoms with van der Waals surface area (Å²) in [5, 5.41) is 1.70. The number of halogens is 1. The van der Waals surface area contributed by atoms with Gasteiger partial charge in [0.15, 0.2) is 0 Å². The number of hydrogen-bond donors (Lipinski definition) is 1. The molecule has 2 heterocycles. The number of amides is 2. The lowest BCUT2D eigenvalue weighted by molar-refractivity contribution is -0.156. The van der Waals surface area contributed by atoms with E-state index in [9.17, 15) is 14.4 Å². The monoisotopic (exact) mass is 556 g/mol. The molecule has 1 unspecified atom stereocenters. The number of aromatic nitrogens is 2. The van der Waals surface area contributed by atoms with Crippen LogP contribution in [-0.2, 0) is 9.59 Å². The molecule has 2 amide bonds. The zero-order valence-corrected chi connectivity index (χ0v) is 22.0. The minimum atomic E-state index is -0.587. The van der Waals surface area contributed by atoms with Gasteiger partial charge in [0.05, 0.1) is 23.0 Å². The third-order valence-corrected chi connectivity index (χ3v) is 6.87. The highest BCUT2D eigenvalue weighted by Crippen LogP contribution is 2.33. The molecule has 1 aliphatic rings. The van der Waals surface area contributed by atoms with E-state index in [1.54, 1.807) is 18.2 Å². The average Bonchev–Trinajstić information content (AvgIpc) is 2.90. The molecule has 1 aromatic heterocycles. The van der Waals surface area contributed by atoms with E-state index in [1.165, 1.54) is 21.2 Å². The molecule has 1 aliphatic heterocycles. The fraction of sp³-hybridized carbons (Fsp3) is 0.172. The Bertz CT molecular complexity index is 1580. The number of β-lactam (4-membered cyclic amide) rings is 1. The van der Waals surface area contributed by atoms with Gasteiger partial charge in [-0.15, -0.1) is 0 Å². The molecule has 7 nitrogen and oxygen atoms in total. The highest BCUT2D eigenvalue weighted by atomic mass is 79.9. The van der Waals surface area contributed by atoms with Gasteiger partial charge in [-0.25, -0.2) is 9.99 Å². The number of hydrazine groups is 1. The first-order chi connectivity index (χ1) is 17.8. The summed E-state index contributed by atoms with van der Waals surface area (Å²) >= 11 is 3.42. The van der Waals surface area contributed by atoms with Gasteiger partial charge in [-0.05, 0) is 53.5 Å². The number of carbonyl (C=O) groups excluding carboxylic acids is 2. The van der Waals surface area contributed by atoms with Crippen molar-refractivity contribution < 1.29 is 9.59 Å². The zero-order chi connectivity index (χ0) is 26.1. The fourth-order valence-corrected chi connectivity index (χ4v) is 4.67. The summed E-state index contributed by atoms with van der Waals surface area (Å²) in [6.45, 7) is 4.25. The second kappa shape index (κ2) is 10.1. The van der Waals surface area contributed by atoms with Gasteiger partial charge in [-0.2, -0.15) is 0 Å². The molecule has 0 aliphatic carbocycles. The van der Waals surface area contributed by atoms with Crippen LogP contribution in [0.5, 0.6) is 0 Å². The quantitative estimate of drug-likeness (QED) is 0.258. The first-order valence-corrected chi connectivity index (χ1v) is 12.8. The van der Waals surface area contributed by atoms with Gasteiger partial charge in [0.1, 0.15) is 11.9 Å². The average molecular weight is 557 g/mol. The molecule has 4 aromatic rings. The molecule has 1 saturated heterocycles. The Morgan fingerprint density at radius 2 is 1.78 bits per heavy atom. The van der Waals surface area contributed by atoms with E-state index in [0.29, 0.717) is 28.3 Å². The Morgan fingerprint density at radius 3 is 2.46 bits per heavy atom. The molecule has 186 valence electrons. The van der Waals surface area contributed by atoms with Crippen molar-refractivity contribution in [2.75, 3.05) is 0 Å². The van der Waals surface area contributed by atoms with Crippen LogP contribution >= 0.6 is 15.9 Å². The third kappa shape index (κ3) is 4.97. The summed E-state index contributed by atoms with van der Waals surface area (Å²) in [7, 11) is 0. The number of nitrogens with one attached hydrogen (secondary N) is 1. The number of fused-ring (bicyclic) bond motifs is 1. The standard InChI is InChI=1S/C29H25BrN4O3/c1-18(2)20-11-8-19(9-12-20)10-15-26(35)32-34-25(17-27(34)36)28-31-24-14-13-21(30)16-23(24)29(37)33(28)22-6-4-3-5-7-22/h3-16,18,25H,17H2,1-2H3,(H,32,35)/b15-10+. The van der Waals surface area contributed by atoms with E-state index in [4.69, 9.17) is 4.98 Å². The Morgan fingerprint density at radius 1 is 1.05 bits per heavy atom. The molecular formula is C29H25BrN4O3. The van der Waals surface area contributed by atoms with Crippen molar-refractivity contribution in [3.05, 3.63) is 111 Å². The van der Waals surface area contributed by atoms with Crippen molar-refractivity contribution in [1.82, 2.24) is 20.0 Å². The second-order valence-corrected chi connectivity index (χ2v) is 10.1. The summed E-state index contributed by atoms with van der Waals surface area (Å²) < 4.78 is 2.28. The van der Waals surface area contributed by atoms with E-state index >= 15 is 0 Å². The van der Waals surface area contributed by atoms with E-state index in [-0.39, 0.29) is 17.9 Å². The Kier molecular flexibility index (Phi) is 6.76. The van der Waals surface area contributed by atoms with Gasteiger partial charge in [-0.1, -0.05) is 72.2 Å². The van der Waals surface area contributed by atoms with Crippen LogP contribution in [0.4, 0.5) is 0 Å². The SMILES string of the molecule is CC(C)c1ccc(/C=C/C(=O)NN2C(=O)CC2c2nc3ccc(Br)cc3c(=O)n2-c2ccccc2)cc1. The molecule has 1 atom stereocenters. The minimum absolute atomic E-state index is 0.127. The number of benzene rings is 3. The summed E-state index contributed by atoms with van der Waals surface area (Å²) in [5.41, 5.74) is 5.67. The molecule has 8 heteroatoms. The number of nitrogens with zero attached hydrogens (tertiary/aromatic N) is 3. The number of para-hydroxylation sites is 1. The number of rotatable bonds is 6. The van der Waals surface area contributed by atoms with Crippen LogP contribution in [-0.4, -0.2) is 26.4 Å². The summed E-state index contributed by atoms with van der Waals surface area (Å²) in [5.74, 6) is 0.121. The maximum atomic E-state index is 13.6. The van der Waals surface area contributed by atoms with Crippen molar-refractivity contribution >= 4 is 44.7 Å². The lowest BCUT2D eigenvalue weighted by atomic mass is 10.0. The van der Waals surface area contributed by atoms with E-state index in [1.807, 2.05) is 60.7 Å². The third-order valence-electron chi connectivity index (χ3n) is 6.38. The van der Waals surface area contributed by atoms with E-state index in [2.05, 4.69) is 35.2 Å². The van der Waals surface area contributed by atoms with E-state index < -0.39 is 11.9 Å². The molecule has 37 heavy (non-hydrogen) atoms. The summed E-state index contributed by atoms with van der Waals surface area (Å²) in [6.07, 6.45) is 3.22. The second-order valence-electron chi connectivity index (χ2n) is 9.22.